The summed E-state index contributed by atoms with van der Waals surface area (Å²) in [6.45, 7) is 6.47. The monoisotopic (exact) mass is 315 g/mol. The van der Waals surface area contributed by atoms with Gasteiger partial charge in [0.1, 0.15) is 6.33 Å². The molecular weight excluding hydrogens is 290 g/mol. The molecule has 1 aromatic carbocycles. The fraction of sp³-hybridized carbons (Fsp3) is 0.529. The van der Waals surface area contributed by atoms with Crippen molar-refractivity contribution in [2.75, 3.05) is 0 Å². The Morgan fingerprint density at radius 3 is 2.52 bits per heavy atom. The number of rotatable bonds is 8. The number of hydrogen-bond acceptors (Lipinski definition) is 4. The molecule has 0 aliphatic heterocycles. The molecule has 0 saturated carbocycles. The van der Waals surface area contributed by atoms with Gasteiger partial charge in [-0.15, -0.1) is 5.10 Å². The second-order valence-electron chi connectivity index (χ2n) is 6.34. The van der Waals surface area contributed by atoms with Crippen LogP contribution in [0.2, 0.25) is 0 Å². The van der Waals surface area contributed by atoms with Crippen molar-refractivity contribution in [2.45, 2.75) is 52.1 Å². The lowest BCUT2D eigenvalue weighted by Crippen LogP contribution is -2.39. The van der Waals surface area contributed by atoms with Crippen LogP contribution >= 0.6 is 0 Å². The molecule has 2 rings (SSSR count). The SMILES string of the molecule is CC(C)CCCC(C)NC(=O)C(c1ccccc1)n1cnnn1. The highest BCUT2D eigenvalue weighted by atomic mass is 16.2. The van der Waals surface area contributed by atoms with Crippen molar-refractivity contribution < 1.29 is 4.79 Å². The van der Waals surface area contributed by atoms with Crippen molar-refractivity contribution in [3.05, 3.63) is 42.2 Å². The predicted octanol–water partition coefficient (Wildman–Crippen LogP) is 2.59. The summed E-state index contributed by atoms with van der Waals surface area (Å²) >= 11 is 0. The van der Waals surface area contributed by atoms with Crippen molar-refractivity contribution in [3.8, 4) is 0 Å². The van der Waals surface area contributed by atoms with Gasteiger partial charge in [-0.3, -0.25) is 4.79 Å². The third-order valence-corrected chi connectivity index (χ3v) is 3.80. The van der Waals surface area contributed by atoms with E-state index in [-0.39, 0.29) is 11.9 Å². The lowest BCUT2D eigenvalue weighted by atomic mass is 10.0. The Bertz CT molecular complexity index is 582. The van der Waals surface area contributed by atoms with Crippen molar-refractivity contribution in [1.29, 1.82) is 0 Å². The highest BCUT2D eigenvalue weighted by Gasteiger charge is 2.24. The molecule has 0 fully saturated rings. The Balaban J connectivity index is 2.03. The average Bonchev–Trinajstić information content (AvgIpc) is 3.02. The molecule has 0 radical (unpaired) electrons. The Morgan fingerprint density at radius 1 is 1.17 bits per heavy atom. The number of tetrazole rings is 1. The van der Waals surface area contributed by atoms with Gasteiger partial charge in [-0.05, 0) is 35.3 Å². The van der Waals surface area contributed by atoms with Gasteiger partial charge in [0.05, 0.1) is 0 Å². The number of nitrogens with one attached hydrogen (secondary N) is 1. The van der Waals surface area contributed by atoms with E-state index in [1.165, 1.54) is 17.4 Å². The van der Waals surface area contributed by atoms with E-state index in [0.29, 0.717) is 5.92 Å². The first-order valence-corrected chi connectivity index (χ1v) is 8.15. The van der Waals surface area contributed by atoms with E-state index in [1.54, 1.807) is 0 Å². The third-order valence-electron chi connectivity index (χ3n) is 3.80. The van der Waals surface area contributed by atoms with Gasteiger partial charge in [0, 0.05) is 6.04 Å². The molecule has 1 N–H and O–H groups in total. The molecule has 124 valence electrons. The number of hydrogen-bond donors (Lipinski definition) is 1. The van der Waals surface area contributed by atoms with E-state index < -0.39 is 6.04 Å². The third kappa shape index (κ3) is 5.16. The van der Waals surface area contributed by atoms with Gasteiger partial charge in [-0.2, -0.15) is 0 Å². The summed E-state index contributed by atoms with van der Waals surface area (Å²) in [4.78, 5) is 12.7. The number of carbonyl (C=O) groups excluding carboxylic acids is 1. The largest absolute Gasteiger partial charge is 0.351 e. The standard InChI is InChI=1S/C17H25N5O/c1-13(2)8-7-9-14(3)19-17(23)16(22-12-18-20-21-22)15-10-5-4-6-11-15/h4-6,10-14,16H,7-9H2,1-3H3,(H,19,23). The fourth-order valence-electron chi connectivity index (χ4n) is 2.57. The van der Waals surface area contributed by atoms with Crippen molar-refractivity contribution in [1.82, 2.24) is 25.5 Å². The van der Waals surface area contributed by atoms with Crippen LogP contribution < -0.4 is 5.32 Å². The van der Waals surface area contributed by atoms with Crippen LogP contribution in [0.4, 0.5) is 0 Å². The van der Waals surface area contributed by atoms with Crippen molar-refractivity contribution >= 4 is 5.91 Å². The van der Waals surface area contributed by atoms with E-state index in [0.717, 1.165) is 18.4 Å². The number of benzene rings is 1. The summed E-state index contributed by atoms with van der Waals surface area (Å²) in [5.41, 5.74) is 0.867. The summed E-state index contributed by atoms with van der Waals surface area (Å²) < 4.78 is 1.49. The lowest BCUT2D eigenvalue weighted by molar-refractivity contribution is -0.124. The molecule has 2 atom stereocenters. The first kappa shape index (κ1) is 17.1. The summed E-state index contributed by atoms with van der Waals surface area (Å²) in [6.07, 6.45) is 4.73. The normalized spacial score (nSPS) is 13.7. The highest BCUT2D eigenvalue weighted by Crippen LogP contribution is 2.17. The van der Waals surface area contributed by atoms with Gasteiger partial charge in [0.25, 0.3) is 0 Å². The first-order valence-electron chi connectivity index (χ1n) is 8.15. The van der Waals surface area contributed by atoms with Crippen LogP contribution in [-0.2, 0) is 4.79 Å². The van der Waals surface area contributed by atoms with Crippen LogP contribution in [0.25, 0.3) is 0 Å². The predicted molar refractivity (Wildman–Crippen MR) is 88.7 cm³/mol. The maximum Gasteiger partial charge on any atom is 0.249 e. The molecule has 6 heteroatoms. The van der Waals surface area contributed by atoms with E-state index in [9.17, 15) is 4.79 Å². The topological polar surface area (TPSA) is 72.7 Å². The zero-order valence-electron chi connectivity index (χ0n) is 14.0. The molecule has 1 heterocycles. The van der Waals surface area contributed by atoms with Crippen LogP contribution in [0.5, 0.6) is 0 Å². The second kappa shape index (κ2) is 8.41. The van der Waals surface area contributed by atoms with Crippen molar-refractivity contribution in [2.24, 2.45) is 5.92 Å². The molecule has 0 spiro atoms. The summed E-state index contributed by atoms with van der Waals surface area (Å²) in [5, 5.41) is 14.3. The number of carbonyl (C=O) groups is 1. The summed E-state index contributed by atoms with van der Waals surface area (Å²) in [7, 11) is 0. The van der Waals surface area contributed by atoms with Gasteiger partial charge < -0.3 is 5.32 Å². The molecule has 2 aromatic rings. The molecule has 1 aromatic heterocycles. The zero-order valence-corrected chi connectivity index (χ0v) is 14.0. The average molecular weight is 315 g/mol. The lowest BCUT2D eigenvalue weighted by Gasteiger charge is -2.20. The van der Waals surface area contributed by atoms with Crippen LogP contribution in [0, 0.1) is 5.92 Å². The molecule has 0 bridgehead atoms. The first-order chi connectivity index (χ1) is 11.1. The van der Waals surface area contributed by atoms with Crippen LogP contribution in [0.1, 0.15) is 51.6 Å². The van der Waals surface area contributed by atoms with E-state index in [4.69, 9.17) is 0 Å². The number of nitrogens with zero attached hydrogens (tertiary/aromatic N) is 4. The smallest absolute Gasteiger partial charge is 0.249 e. The molecular formula is C17H25N5O. The molecule has 0 aliphatic rings. The van der Waals surface area contributed by atoms with E-state index in [2.05, 4.69) is 34.7 Å². The molecule has 0 saturated heterocycles. The molecule has 1 amide bonds. The fourth-order valence-corrected chi connectivity index (χ4v) is 2.57. The van der Waals surface area contributed by atoms with Crippen molar-refractivity contribution in [3.63, 3.8) is 0 Å². The molecule has 2 unspecified atom stereocenters. The van der Waals surface area contributed by atoms with Crippen LogP contribution in [-0.4, -0.2) is 32.2 Å². The van der Waals surface area contributed by atoms with Gasteiger partial charge >= 0.3 is 0 Å². The Kier molecular flexibility index (Phi) is 6.26. The highest BCUT2D eigenvalue weighted by molar-refractivity contribution is 5.83. The Hall–Kier alpha value is -2.24. The van der Waals surface area contributed by atoms with Gasteiger partial charge in [-0.25, -0.2) is 4.68 Å². The van der Waals surface area contributed by atoms with Gasteiger partial charge in [0.2, 0.25) is 5.91 Å². The maximum absolute atomic E-state index is 12.7. The molecule has 0 aliphatic carbocycles. The number of amides is 1. The zero-order chi connectivity index (χ0) is 16.7. The van der Waals surface area contributed by atoms with Gasteiger partial charge in [-0.1, -0.05) is 57.0 Å². The minimum Gasteiger partial charge on any atom is -0.351 e. The van der Waals surface area contributed by atoms with E-state index in [1.807, 2.05) is 37.3 Å². The second-order valence-corrected chi connectivity index (χ2v) is 6.34. The Labute approximate surface area is 137 Å². The Morgan fingerprint density at radius 2 is 1.91 bits per heavy atom. The minimum absolute atomic E-state index is 0.0828. The minimum atomic E-state index is -0.543. The quantitative estimate of drug-likeness (QED) is 0.812. The van der Waals surface area contributed by atoms with Gasteiger partial charge in [0.15, 0.2) is 6.04 Å². The number of aromatic nitrogens is 4. The summed E-state index contributed by atoms with van der Waals surface area (Å²) in [5.74, 6) is 0.608. The van der Waals surface area contributed by atoms with Crippen LogP contribution in [0.3, 0.4) is 0 Å². The van der Waals surface area contributed by atoms with Crippen LogP contribution in [0.15, 0.2) is 36.7 Å². The summed E-state index contributed by atoms with van der Waals surface area (Å²) in [6, 6.07) is 9.15. The molecule has 6 nitrogen and oxygen atoms in total. The van der Waals surface area contributed by atoms with E-state index >= 15 is 0 Å². The maximum atomic E-state index is 12.7. The molecule has 23 heavy (non-hydrogen) atoms.